The Morgan fingerprint density at radius 1 is 0.885 bits per heavy atom. The number of aryl methyl sites for hydroxylation is 2. The van der Waals surface area contributed by atoms with Gasteiger partial charge in [0, 0.05) is 19.6 Å². The zero-order valence-corrected chi connectivity index (χ0v) is 18.4. The third-order valence-corrected chi connectivity index (χ3v) is 5.83. The Balaban J connectivity index is 2.56. The highest BCUT2D eigenvalue weighted by atomic mass is 15.1. The van der Waals surface area contributed by atoms with Crippen LogP contribution in [0.3, 0.4) is 0 Å². The van der Waals surface area contributed by atoms with Crippen LogP contribution in [0.15, 0.2) is 18.7 Å². The fourth-order valence-corrected chi connectivity index (χ4v) is 3.93. The summed E-state index contributed by atoms with van der Waals surface area (Å²) in [5.74, 6) is 1.76. The maximum atomic E-state index is 2.80. The van der Waals surface area contributed by atoms with Crippen molar-refractivity contribution in [3.8, 4) is 0 Å². The van der Waals surface area contributed by atoms with Gasteiger partial charge in [-0.25, -0.2) is 9.13 Å². The molecule has 3 heteroatoms. The Labute approximate surface area is 163 Å². The average molecular weight is 365 g/mol. The minimum Gasteiger partial charge on any atom is -0.303 e. The second kappa shape index (κ2) is 14.3. The van der Waals surface area contributed by atoms with Gasteiger partial charge in [-0.05, 0) is 31.1 Å². The van der Waals surface area contributed by atoms with Gasteiger partial charge in [-0.15, -0.1) is 0 Å². The summed E-state index contributed by atoms with van der Waals surface area (Å²) >= 11 is 0. The number of hydrogen-bond acceptors (Lipinski definition) is 1. The normalized spacial score (nSPS) is 14.1. The van der Waals surface area contributed by atoms with Gasteiger partial charge in [0.1, 0.15) is 12.4 Å². The van der Waals surface area contributed by atoms with E-state index in [1.807, 2.05) is 0 Å². The van der Waals surface area contributed by atoms with Crippen molar-refractivity contribution in [2.24, 2.45) is 18.9 Å². The predicted molar refractivity (Wildman–Crippen MR) is 113 cm³/mol. The van der Waals surface area contributed by atoms with Crippen LogP contribution >= 0.6 is 0 Å². The molecular weight excluding hydrogens is 318 g/mol. The maximum Gasteiger partial charge on any atom is 0.243 e. The Morgan fingerprint density at radius 3 is 1.88 bits per heavy atom. The van der Waals surface area contributed by atoms with Gasteiger partial charge in [0.15, 0.2) is 0 Å². The highest BCUT2D eigenvalue weighted by molar-refractivity contribution is 4.71. The molecule has 1 aromatic rings. The SMILES string of the molecule is CCCCC(CC)CN(CCCn1cc[n+](C)c1)CC(CC)CCCC. The van der Waals surface area contributed by atoms with Crippen LogP contribution < -0.4 is 4.57 Å². The second-order valence-electron chi connectivity index (χ2n) is 8.26. The zero-order valence-electron chi connectivity index (χ0n) is 18.4. The number of hydrogen-bond donors (Lipinski definition) is 0. The minimum absolute atomic E-state index is 0.878. The summed E-state index contributed by atoms with van der Waals surface area (Å²) in [6.07, 6.45) is 18.7. The topological polar surface area (TPSA) is 12.1 Å². The standard InChI is InChI=1S/C23H46N3/c1-6-10-13-22(8-3)19-26(20-23(9-4)14-11-7-2)16-12-15-25-18-17-24(5)21-25/h17-18,21-23H,6-16,19-20H2,1-5H3/q+1. The molecule has 3 nitrogen and oxygen atoms in total. The molecule has 2 unspecified atom stereocenters. The summed E-state index contributed by atoms with van der Waals surface area (Å²) in [4.78, 5) is 2.80. The van der Waals surface area contributed by atoms with Gasteiger partial charge < -0.3 is 4.90 Å². The first-order valence-corrected chi connectivity index (χ1v) is 11.4. The molecule has 0 aliphatic carbocycles. The van der Waals surface area contributed by atoms with E-state index in [1.54, 1.807) is 0 Å². The van der Waals surface area contributed by atoms with E-state index in [-0.39, 0.29) is 0 Å². The molecule has 0 saturated carbocycles. The molecule has 0 radical (unpaired) electrons. The van der Waals surface area contributed by atoms with Crippen molar-refractivity contribution < 1.29 is 4.57 Å². The third kappa shape index (κ3) is 9.75. The van der Waals surface area contributed by atoms with Gasteiger partial charge in [0.25, 0.3) is 0 Å². The number of nitrogens with zero attached hydrogens (tertiary/aromatic N) is 3. The van der Waals surface area contributed by atoms with Crippen molar-refractivity contribution in [1.29, 1.82) is 0 Å². The quantitative estimate of drug-likeness (QED) is 0.356. The van der Waals surface area contributed by atoms with Crippen LogP contribution in [0.5, 0.6) is 0 Å². The predicted octanol–water partition coefficient (Wildman–Crippen LogP) is 5.44. The van der Waals surface area contributed by atoms with Crippen LogP contribution in [0.4, 0.5) is 0 Å². The van der Waals surface area contributed by atoms with Crippen LogP contribution in [0.1, 0.15) is 85.5 Å². The van der Waals surface area contributed by atoms with Gasteiger partial charge in [-0.3, -0.25) is 0 Å². The first-order valence-electron chi connectivity index (χ1n) is 11.4. The zero-order chi connectivity index (χ0) is 19.2. The molecule has 1 heterocycles. The largest absolute Gasteiger partial charge is 0.303 e. The van der Waals surface area contributed by atoms with Crippen molar-refractivity contribution in [1.82, 2.24) is 9.47 Å². The van der Waals surface area contributed by atoms with E-state index in [0.29, 0.717) is 0 Å². The number of aromatic nitrogens is 2. The molecule has 0 fully saturated rings. The van der Waals surface area contributed by atoms with Gasteiger partial charge in [-0.2, -0.15) is 0 Å². The molecule has 1 rings (SSSR count). The lowest BCUT2D eigenvalue weighted by molar-refractivity contribution is -0.671. The summed E-state index contributed by atoms with van der Waals surface area (Å²) in [7, 11) is 2.10. The van der Waals surface area contributed by atoms with Crippen LogP contribution in [-0.2, 0) is 13.6 Å². The summed E-state index contributed by atoms with van der Waals surface area (Å²) < 4.78 is 4.45. The summed E-state index contributed by atoms with van der Waals surface area (Å²) in [6.45, 7) is 14.4. The molecule has 0 amide bonds. The highest BCUT2D eigenvalue weighted by Gasteiger charge is 2.17. The van der Waals surface area contributed by atoms with E-state index in [1.165, 1.54) is 77.4 Å². The van der Waals surface area contributed by atoms with Crippen molar-refractivity contribution >= 4 is 0 Å². The number of unbranched alkanes of at least 4 members (excludes halogenated alkanes) is 2. The lowest BCUT2D eigenvalue weighted by atomic mass is 9.95. The lowest BCUT2D eigenvalue weighted by Crippen LogP contribution is -2.35. The van der Waals surface area contributed by atoms with Crippen molar-refractivity contribution in [3.05, 3.63) is 18.7 Å². The van der Waals surface area contributed by atoms with E-state index >= 15 is 0 Å². The molecule has 2 atom stereocenters. The van der Waals surface area contributed by atoms with Gasteiger partial charge >= 0.3 is 0 Å². The molecule has 1 aromatic heterocycles. The van der Waals surface area contributed by atoms with E-state index in [0.717, 1.165) is 18.4 Å². The lowest BCUT2D eigenvalue weighted by Gasteiger charge is -2.30. The van der Waals surface area contributed by atoms with Crippen LogP contribution in [0, 0.1) is 11.8 Å². The van der Waals surface area contributed by atoms with E-state index in [9.17, 15) is 0 Å². The Hall–Kier alpha value is -0.830. The molecule has 0 aromatic carbocycles. The monoisotopic (exact) mass is 364 g/mol. The first kappa shape index (κ1) is 23.2. The maximum absolute atomic E-state index is 2.80. The molecule has 0 aliphatic rings. The van der Waals surface area contributed by atoms with Gasteiger partial charge in [0.05, 0.1) is 13.6 Å². The fraction of sp³-hybridized carbons (Fsp3) is 0.870. The molecule has 26 heavy (non-hydrogen) atoms. The third-order valence-electron chi connectivity index (χ3n) is 5.83. The van der Waals surface area contributed by atoms with Crippen molar-refractivity contribution in [2.45, 2.75) is 92.0 Å². The highest BCUT2D eigenvalue weighted by Crippen LogP contribution is 2.19. The summed E-state index contributed by atoms with van der Waals surface area (Å²) in [6, 6.07) is 0. The van der Waals surface area contributed by atoms with E-state index < -0.39 is 0 Å². The molecule has 0 bridgehead atoms. The Morgan fingerprint density at radius 2 is 1.46 bits per heavy atom. The molecular formula is C23H46N3+. The van der Waals surface area contributed by atoms with Crippen LogP contribution in [-0.4, -0.2) is 29.1 Å². The number of rotatable bonds is 16. The number of imidazole rings is 1. The van der Waals surface area contributed by atoms with E-state index in [2.05, 4.69) is 67.5 Å². The Bertz CT molecular complexity index is 422. The van der Waals surface area contributed by atoms with Crippen molar-refractivity contribution in [3.63, 3.8) is 0 Å². The van der Waals surface area contributed by atoms with Crippen LogP contribution in [0.25, 0.3) is 0 Å². The molecule has 0 saturated heterocycles. The Kier molecular flexibility index (Phi) is 12.7. The van der Waals surface area contributed by atoms with E-state index in [4.69, 9.17) is 0 Å². The minimum atomic E-state index is 0.878. The summed E-state index contributed by atoms with van der Waals surface area (Å²) in [5.41, 5.74) is 0. The van der Waals surface area contributed by atoms with Crippen molar-refractivity contribution in [2.75, 3.05) is 19.6 Å². The van der Waals surface area contributed by atoms with Crippen LogP contribution in [0.2, 0.25) is 0 Å². The molecule has 0 N–H and O–H groups in total. The summed E-state index contributed by atoms with van der Waals surface area (Å²) in [5, 5.41) is 0. The molecule has 152 valence electrons. The van der Waals surface area contributed by atoms with Gasteiger partial charge in [-0.1, -0.05) is 66.2 Å². The average Bonchev–Trinajstić information content (AvgIpc) is 3.06. The smallest absolute Gasteiger partial charge is 0.243 e. The van der Waals surface area contributed by atoms with Gasteiger partial charge in [0.2, 0.25) is 6.33 Å². The molecule has 0 spiro atoms. The fourth-order valence-electron chi connectivity index (χ4n) is 3.93. The first-order chi connectivity index (χ1) is 12.6. The second-order valence-corrected chi connectivity index (χ2v) is 8.26. The molecule has 0 aliphatic heterocycles.